The van der Waals surface area contributed by atoms with Crippen LogP contribution in [0.4, 0.5) is 23.4 Å². The van der Waals surface area contributed by atoms with Crippen LogP contribution in [0.2, 0.25) is 0 Å². The number of halogens is 4. The first-order valence-electron chi connectivity index (χ1n) is 15.1. The zero-order valence-corrected chi connectivity index (χ0v) is 26.2. The van der Waals surface area contributed by atoms with Gasteiger partial charge < -0.3 is 29.5 Å². The van der Waals surface area contributed by atoms with Crippen LogP contribution in [0.1, 0.15) is 25.8 Å². The van der Waals surface area contributed by atoms with E-state index in [1.807, 2.05) is 18.9 Å². The standard InChI is InChI=1S/C35H34F4N4O4/c1-5-23-26(37)7-6-20-12-22(44)13-24(28(20)23)29-27(38)14-25-31(30(29)39)40-33(41-32(25)43-10-11-46-19-35(3,45)17-43)47-18-34(2)16-42(4)9-8-21(34)15-36/h1,6-7,12-15,44-45H,8-11,16-19H2,2-4H3/b21-15+/t34-,35-/m0/s1. The number of β-amino-alcohol motifs (C(OH)–C–C–N with tert-alkyl or cyclic N) is 1. The molecule has 2 aliphatic heterocycles. The van der Waals surface area contributed by atoms with E-state index in [0.29, 0.717) is 31.4 Å². The summed E-state index contributed by atoms with van der Waals surface area (Å²) in [5.41, 5.74) is -2.82. The van der Waals surface area contributed by atoms with Crippen LogP contribution in [-0.2, 0) is 4.74 Å². The maximum Gasteiger partial charge on any atom is 0.319 e. The Hall–Kier alpha value is -4.44. The summed E-state index contributed by atoms with van der Waals surface area (Å²) in [4.78, 5) is 12.6. The maximum absolute atomic E-state index is 16.8. The third-order valence-corrected chi connectivity index (χ3v) is 8.87. The third-order valence-electron chi connectivity index (χ3n) is 8.87. The van der Waals surface area contributed by atoms with Crippen LogP contribution in [0.5, 0.6) is 11.8 Å². The van der Waals surface area contributed by atoms with Gasteiger partial charge in [-0.2, -0.15) is 9.97 Å². The smallest absolute Gasteiger partial charge is 0.319 e. The molecule has 0 bridgehead atoms. The number of aliphatic hydroxyl groups is 1. The highest BCUT2D eigenvalue weighted by atomic mass is 19.1. The number of hydrogen-bond acceptors (Lipinski definition) is 8. The highest BCUT2D eigenvalue weighted by Gasteiger charge is 2.36. The third kappa shape index (κ3) is 6.06. The van der Waals surface area contributed by atoms with Gasteiger partial charge in [-0.3, -0.25) is 0 Å². The fourth-order valence-corrected chi connectivity index (χ4v) is 6.60. The summed E-state index contributed by atoms with van der Waals surface area (Å²) in [5, 5.41) is 21.7. The van der Waals surface area contributed by atoms with Gasteiger partial charge in [0.05, 0.1) is 37.2 Å². The van der Waals surface area contributed by atoms with Gasteiger partial charge in [0, 0.05) is 41.4 Å². The van der Waals surface area contributed by atoms with Crippen molar-refractivity contribution in [2.45, 2.75) is 25.9 Å². The topological polar surface area (TPSA) is 91.2 Å². The first-order valence-corrected chi connectivity index (χ1v) is 15.1. The first-order chi connectivity index (χ1) is 22.3. The molecule has 246 valence electrons. The van der Waals surface area contributed by atoms with Gasteiger partial charge in [-0.05, 0) is 55.6 Å². The van der Waals surface area contributed by atoms with E-state index in [1.165, 1.54) is 12.1 Å². The lowest BCUT2D eigenvalue weighted by Gasteiger charge is -2.40. The Balaban J connectivity index is 1.57. The number of likely N-dealkylation sites (tertiary alicyclic amines) is 1. The van der Waals surface area contributed by atoms with E-state index in [-0.39, 0.29) is 83.3 Å². The predicted molar refractivity (Wildman–Crippen MR) is 171 cm³/mol. The van der Waals surface area contributed by atoms with Crippen LogP contribution in [0.25, 0.3) is 32.8 Å². The number of ether oxygens (including phenoxy) is 2. The SMILES string of the molecule is C#Cc1c(F)ccc2cc(O)cc(-c3c(F)cc4c(N5CCOC[C@@](C)(O)C5)nc(OC[C@]5(C)CN(C)CC/C5=C\F)nc4c3F)c12. The number of aromatic hydroxyl groups is 1. The van der Waals surface area contributed by atoms with Gasteiger partial charge in [0.2, 0.25) is 0 Å². The molecule has 0 aliphatic carbocycles. The van der Waals surface area contributed by atoms with Crippen molar-refractivity contribution in [3.05, 3.63) is 65.2 Å². The predicted octanol–water partition coefficient (Wildman–Crippen LogP) is 5.72. The Morgan fingerprint density at radius 1 is 1.11 bits per heavy atom. The zero-order chi connectivity index (χ0) is 33.7. The first kappa shape index (κ1) is 32.5. The van der Waals surface area contributed by atoms with Crippen LogP contribution >= 0.6 is 0 Å². The van der Waals surface area contributed by atoms with E-state index in [2.05, 4.69) is 15.9 Å². The molecule has 0 spiro atoms. The molecular formula is C35H34F4N4O4. The molecule has 2 atom stereocenters. The highest BCUT2D eigenvalue weighted by Crippen LogP contribution is 2.42. The highest BCUT2D eigenvalue weighted by molar-refractivity contribution is 6.04. The minimum Gasteiger partial charge on any atom is -0.508 e. The molecule has 2 aliphatic rings. The van der Waals surface area contributed by atoms with Crippen molar-refractivity contribution >= 4 is 27.5 Å². The van der Waals surface area contributed by atoms with Crippen LogP contribution in [-0.4, -0.2) is 83.7 Å². The second kappa shape index (κ2) is 12.3. The van der Waals surface area contributed by atoms with E-state index >= 15 is 8.78 Å². The second-order valence-electron chi connectivity index (χ2n) is 12.9. The van der Waals surface area contributed by atoms with E-state index < -0.39 is 34.0 Å². The number of phenolic OH excluding ortho intramolecular Hbond substituents is 1. The minimum absolute atomic E-state index is 0.0167. The Bertz CT molecular complexity index is 1960. The normalized spacial score (nSPS) is 23.3. The lowest BCUT2D eigenvalue weighted by atomic mass is 9.78. The average molecular weight is 651 g/mol. The van der Waals surface area contributed by atoms with Crippen molar-refractivity contribution in [2.24, 2.45) is 5.41 Å². The number of piperidine rings is 1. The van der Waals surface area contributed by atoms with Crippen molar-refractivity contribution in [1.82, 2.24) is 14.9 Å². The molecule has 12 heteroatoms. The fraction of sp³-hybridized carbons (Fsp3) is 0.371. The molecule has 0 radical (unpaired) electrons. The maximum atomic E-state index is 16.8. The number of hydrogen-bond donors (Lipinski definition) is 2. The number of terminal acetylenes is 1. The Kier molecular flexibility index (Phi) is 8.50. The quantitative estimate of drug-likeness (QED) is 0.210. The molecule has 3 heterocycles. The van der Waals surface area contributed by atoms with Crippen LogP contribution in [0.15, 0.2) is 42.2 Å². The molecule has 2 fully saturated rings. The molecule has 47 heavy (non-hydrogen) atoms. The summed E-state index contributed by atoms with van der Waals surface area (Å²) >= 11 is 0. The molecular weight excluding hydrogens is 616 g/mol. The Morgan fingerprint density at radius 2 is 1.89 bits per heavy atom. The summed E-state index contributed by atoms with van der Waals surface area (Å²) in [7, 11) is 1.92. The average Bonchev–Trinajstić information content (AvgIpc) is 3.20. The number of anilines is 1. The summed E-state index contributed by atoms with van der Waals surface area (Å²) < 4.78 is 73.4. The Morgan fingerprint density at radius 3 is 2.64 bits per heavy atom. The van der Waals surface area contributed by atoms with Gasteiger partial charge in [-0.25, -0.2) is 17.6 Å². The minimum atomic E-state index is -1.32. The number of phenols is 1. The van der Waals surface area contributed by atoms with E-state index in [4.69, 9.17) is 15.9 Å². The van der Waals surface area contributed by atoms with Crippen molar-refractivity contribution in [3.63, 3.8) is 0 Å². The lowest BCUT2D eigenvalue weighted by molar-refractivity contribution is -0.0123. The molecule has 6 rings (SSSR count). The van der Waals surface area contributed by atoms with Gasteiger partial charge in [-0.15, -0.1) is 6.42 Å². The number of nitrogens with zero attached hydrogens (tertiary/aromatic N) is 4. The van der Waals surface area contributed by atoms with Crippen LogP contribution in [0.3, 0.4) is 0 Å². The fourth-order valence-electron chi connectivity index (χ4n) is 6.60. The van der Waals surface area contributed by atoms with E-state index in [0.717, 1.165) is 18.2 Å². The molecule has 1 aromatic heterocycles. The van der Waals surface area contributed by atoms with Crippen molar-refractivity contribution in [1.29, 1.82) is 0 Å². The van der Waals surface area contributed by atoms with Gasteiger partial charge >= 0.3 is 6.01 Å². The number of fused-ring (bicyclic) bond motifs is 2. The monoisotopic (exact) mass is 650 g/mol. The summed E-state index contributed by atoms with van der Waals surface area (Å²) in [6.07, 6.45) is 6.70. The molecule has 0 unspecified atom stereocenters. The lowest BCUT2D eigenvalue weighted by Crippen LogP contribution is -2.44. The number of rotatable bonds is 5. The van der Waals surface area contributed by atoms with E-state index in [9.17, 15) is 19.0 Å². The van der Waals surface area contributed by atoms with Crippen LogP contribution < -0.4 is 9.64 Å². The zero-order valence-electron chi connectivity index (χ0n) is 26.2. The molecule has 0 saturated carbocycles. The largest absolute Gasteiger partial charge is 0.508 e. The van der Waals surface area contributed by atoms with Gasteiger partial charge in [0.15, 0.2) is 5.82 Å². The number of benzene rings is 3. The Labute approximate surface area is 269 Å². The molecule has 0 amide bonds. The molecule has 8 nitrogen and oxygen atoms in total. The second-order valence-corrected chi connectivity index (χ2v) is 12.9. The summed E-state index contributed by atoms with van der Waals surface area (Å²) in [6, 6.07) is 5.71. The van der Waals surface area contributed by atoms with Gasteiger partial charge in [-0.1, -0.05) is 18.9 Å². The summed E-state index contributed by atoms with van der Waals surface area (Å²) in [6.45, 7) is 5.02. The van der Waals surface area contributed by atoms with Crippen LogP contribution in [0, 0.1) is 35.2 Å². The number of aromatic nitrogens is 2. The molecule has 4 aromatic rings. The van der Waals surface area contributed by atoms with Crippen molar-refractivity contribution in [2.75, 3.05) is 57.9 Å². The van der Waals surface area contributed by atoms with Gasteiger partial charge in [0.1, 0.15) is 40.9 Å². The van der Waals surface area contributed by atoms with Crippen molar-refractivity contribution < 1.29 is 37.2 Å². The molecule has 2 N–H and O–H groups in total. The summed E-state index contributed by atoms with van der Waals surface area (Å²) in [5.74, 6) is -0.911. The van der Waals surface area contributed by atoms with Crippen molar-refractivity contribution in [3.8, 4) is 35.2 Å². The molecule has 2 saturated heterocycles. The molecule has 3 aromatic carbocycles. The van der Waals surface area contributed by atoms with E-state index in [1.54, 1.807) is 11.8 Å². The van der Waals surface area contributed by atoms with Gasteiger partial charge in [0.25, 0.3) is 0 Å².